The Balaban J connectivity index is 2.05. The highest BCUT2D eigenvalue weighted by Crippen LogP contribution is 2.15. The van der Waals surface area contributed by atoms with Gasteiger partial charge in [-0.1, -0.05) is 18.2 Å². The van der Waals surface area contributed by atoms with Crippen molar-refractivity contribution in [3.05, 3.63) is 48.9 Å². The number of hydrogen-bond donors (Lipinski definition) is 1. The van der Waals surface area contributed by atoms with Gasteiger partial charge in [0.1, 0.15) is 0 Å². The molecule has 0 fully saturated rings. The van der Waals surface area contributed by atoms with Crippen LogP contribution in [0.4, 0.5) is 5.95 Å². The van der Waals surface area contributed by atoms with E-state index in [2.05, 4.69) is 19.8 Å². The molecule has 96 valence electrons. The van der Waals surface area contributed by atoms with E-state index < -0.39 is 10.2 Å². The predicted octanol–water partition coefficient (Wildman–Crippen LogP) is 1.03. The normalized spacial score (nSPS) is 11.6. The number of nitrogens with zero attached hydrogens (tertiary/aromatic N) is 4. The van der Waals surface area contributed by atoms with Crippen molar-refractivity contribution in [2.75, 3.05) is 4.72 Å². The number of fused-ring (bicyclic) bond motifs is 1. The van der Waals surface area contributed by atoms with Crippen LogP contribution in [0.2, 0.25) is 0 Å². The molecular formula is C11H9N5O2S. The summed E-state index contributed by atoms with van der Waals surface area (Å²) in [5, 5.41) is 4.61. The van der Waals surface area contributed by atoms with Gasteiger partial charge >= 0.3 is 10.2 Å². The summed E-state index contributed by atoms with van der Waals surface area (Å²) >= 11 is 0. The summed E-state index contributed by atoms with van der Waals surface area (Å²) in [5.74, 6) is 0.00193. The maximum Gasteiger partial charge on any atom is 0.345 e. The van der Waals surface area contributed by atoms with Crippen molar-refractivity contribution in [1.82, 2.24) is 19.2 Å². The Kier molecular flexibility index (Phi) is 2.64. The van der Waals surface area contributed by atoms with Crippen LogP contribution >= 0.6 is 0 Å². The SMILES string of the molecule is O=S(=O)(Nc1ncccn1)n1ncc2ccccc21. The van der Waals surface area contributed by atoms with Gasteiger partial charge in [-0.2, -0.15) is 13.5 Å². The molecule has 0 saturated heterocycles. The minimum absolute atomic E-state index is 0.00193. The third-order valence-electron chi connectivity index (χ3n) is 2.46. The van der Waals surface area contributed by atoms with Crippen LogP contribution in [0.1, 0.15) is 0 Å². The fraction of sp³-hybridized carbons (Fsp3) is 0. The zero-order chi connectivity index (χ0) is 13.3. The van der Waals surface area contributed by atoms with Gasteiger partial charge in [-0.05, 0) is 12.1 Å². The maximum atomic E-state index is 12.2. The average Bonchev–Trinajstić information content (AvgIpc) is 2.84. The molecule has 2 heterocycles. The van der Waals surface area contributed by atoms with Crippen LogP contribution in [0.15, 0.2) is 48.9 Å². The molecule has 8 heteroatoms. The lowest BCUT2D eigenvalue weighted by molar-refractivity contribution is 0.587. The second-order valence-corrected chi connectivity index (χ2v) is 5.23. The second kappa shape index (κ2) is 4.32. The first kappa shape index (κ1) is 11.6. The quantitative estimate of drug-likeness (QED) is 0.771. The third kappa shape index (κ3) is 2.13. The zero-order valence-corrected chi connectivity index (χ0v) is 10.4. The minimum Gasteiger partial charge on any atom is -0.232 e. The average molecular weight is 275 g/mol. The van der Waals surface area contributed by atoms with Crippen molar-refractivity contribution in [2.24, 2.45) is 0 Å². The fourth-order valence-electron chi connectivity index (χ4n) is 1.65. The van der Waals surface area contributed by atoms with E-state index in [-0.39, 0.29) is 5.95 Å². The Morgan fingerprint density at radius 3 is 2.58 bits per heavy atom. The highest BCUT2D eigenvalue weighted by Gasteiger charge is 2.17. The molecule has 3 aromatic rings. The molecule has 1 N–H and O–H groups in total. The van der Waals surface area contributed by atoms with E-state index in [0.717, 1.165) is 9.47 Å². The predicted molar refractivity (Wildman–Crippen MR) is 69.7 cm³/mol. The number of aromatic nitrogens is 4. The zero-order valence-electron chi connectivity index (χ0n) is 9.63. The van der Waals surface area contributed by atoms with Crippen LogP contribution in [-0.4, -0.2) is 27.6 Å². The molecule has 3 rings (SSSR count). The minimum atomic E-state index is -3.87. The maximum absolute atomic E-state index is 12.2. The number of para-hydroxylation sites is 1. The van der Waals surface area contributed by atoms with Gasteiger partial charge in [0.15, 0.2) is 0 Å². The molecule has 0 unspecified atom stereocenters. The molecule has 2 aromatic heterocycles. The first-order valence-electron chi connectivity index (χ1n) is 5.40. The number of hydrogen-bond acceptors (Lipinski definition) is 5. The summed E-state index contributed by atoms with van der Waals surface area (Å²) < 4.78 is 27.6. The first-order chi connectivity index (χ1) is 9.17. The molecule has 7 nitrogen and oxygen atoms in total. The van der Waals surface area contributed by atoms with Gasteiger partial charge in [-0.3, -0.25) is 0 Å². The van der Waals surface area contributed by atoms with Crippen molar-refractivity contribution in [1.29, 1.82) is 0 Å². The van der Waals surface area contributed by atoms with E-state index >= 15 is 0 Å². The molecule has 0 aliphatic heterocycles. The summed E-state index contributed by atoms with van der Waals surface area (Å²) in [5.41, 5.74) is 0.492. The highest BCUT2D eigenvalue weighted by atomic mass is 32.2. The Labute approximate surface area is 109 Å². The van der Waals surface area contributed by atoms with Gasteiger partial charge in [0, 0.05) is 17.8 Å². The molecular weight excluding hydrogens is 266 g/mol. The molecule has 0 atom stereocenters. The number of anilines is 1. The Bertz CT molecular complexity index is 813. The molecule has 0 aliphatic carbocycles. The van der Waals surface area contributed by atoms with Gasteiger partial charge in [0.2, 0.25) is 5.95 Å². The van der Waals surface area contributed by atoms with Crippen LogP contribution in [-0.2, 0) is 10.2 Å². The lowest BCUT2D eigenvalue weighted by Crippen LogP contribution is -2.23. The van der Waals surface area contributed by atoms with Crippen LogP contribution in [0.3, 0.4) is 0 Å². The molecule has 19 heavy (non-hydrogen) atoms. The summed E-state index contributed by atoms with van der Waals surface area (Å²) in [6.45, 7) is 0. The van der Waals surface area contributed by atoms with E-state index in [1.807, 2.05) is 6.07 Å². The summed E-state index contributed by atoms with van der Waals surface area (Å²) in [7, 11) is -3.87. The first-order valence-corrected chi connectivity index (χ1v) is 6.84. The second-order valence-electron chi connectivity index (χ2n) is 3.73. The van der Waals surface area contributed by atoms with Crippen molar-refractivity contribution >= 4 is 27.1 Å². The molecule has 0 radical (unpaired) electrons. The van der Waals surface area contributed by atoms with Crippen molar-refractivity contribution in [3.8, 4) is 0 Å². The van der Waals surface area contributed by atoms with Crippen LogP contribution < -0.4 is 4.72 Å². The van der Waals surface area contributed by atoms with E-state index in [4.69, 9.17) is 0 Å². The highest BCUT2D eigenvalue weighted by molar-refractivity contribution is 7.91. The topological polar surface area (TPSA) is 89.8 Å². The van der Waals surface area contributed by atoms with Gasteiger partial charge in [0.25, 0.3) is 0 Å². The lowest BCUT2D eigenvalue weighted by atomic mass is 10.3. The van der Waals surface area contributed by atoms with E-state index in [9.17, 15) is 8.42 Å². The van der Waals surface area contributed by atoms with E-state index in [1.165, 1.54) is 18.6 Å². The molecule has 1 aromatic carbocycles. The van der Waals surface area contributed by atoms with Crippen molar-refractivity contribution < 1.29 is 8.42 Å². The van der Waals surface area contributed by atoms with Crippen LogP contribution in [0.25, 0.3) is 10.9 Å². The smallest absolute Gasteiger partial charge is 0.232 e. The summed E-state index contributed by atoms with van der Waals surface area (Å²) in [6.07, 6.45) is 4.39. The Morgan fingerprint density at radius 1 is 1.05 bits per heavy atom. The van der Waals surface area contributed by atoms with Gasteiger partial charge < -0.3 is 0 Å². The van der Waals surface area contributed by atoms with Crippen LogP contribution in [0.5, 0.6) is 0 Å². The summed E-state index contributed by atoms with van der Waals surface area (Å²) in [6, 6.07) is 8.62. The Morgan fingerprint density at radius 2 is 1.79 bits per heavy atom. The van der Waals surface area contributed by atoms with Gasteiger partial charge in [0.05, 0.1) is 11.7 Å². The molecule has 0 spiro atoms. The largest absolute Gasteiger partial charge is 0.345 e. The van der Waals surface area contributed by atoms with Gasteiger partial charge in [-0.15, -0.1) is 4.09 Å². The van der Waals surface area contributed by atoms with Crippen molar-refractivity contribution in [2.45, 2.75) is 0 Å². The number of nitrogens with one attached hydrogen (secondary N) is 1. The molecule has 0 amide bonds. The van der Waals surface area contributed by atoms with E-state index in [1.54, 1.807) is 24.3 Å². The Hall–Kier alpha value is -2.48. The van der Waals surface area contributed by atoms with Crippen molar-refractivity contribution in [3.63, 3.8) is 0 Å². The number of benzene rings is 1. The number of rotatable bonds is 3. The van der Waals surface area contributed by atoms with Crippen LogP contribution in [0, 0.1) is 0 Å². The molecule has 0 aliphatic rings. The third-order valence-corrected chi connectivity index (χ3v) is 3.65. The standard InChI is InChI=1S/C11H9N5O2S/c17-19(18,15-11-12-6-3-7-13-11)16-10-5-2-1-4-9(10)8-14-16/h1-8H,(H,12,13,15). The van der Waals surface area contributed by atoms with Gasteiger partial charge in [-0.25, -0.2) is 14.7 Å². The molecule has 0 bridgehead atoms. The molecule has 0 saturated carbocycles. The fourth-order valence-corrected chi connectivity index (χ4v) is 2.67. The van der Waals surface area contributed by atoms with E-state index in [0.29, 0.717) is 5.52 Å². The summed E-state index contributed by atoms with van der Waals surface area (Å²) in [4.78, 5) is 7.62. The monoisotopic (exact) mass is 275 g/mol. The lowest BCUT2D eigenvalue weighted by Gasteiger charge is -2.06.